The van der Waals surface area contributed by atoms with E-state index in [2.05, 4.69) is 41.0 Å². The summed E-state index contributed by atoms with van der Waals surface area (Å²) in [6, 6.07) is 3.18. The Labute approximate surface area is 133 Å². The van der Waals surface area contributed by atoms with E-state index in [1.165, 1.54) is 12.3 Å². The second kappa shape index (κ2) is 5.83. The lowest BCUT2D eigenvalue weighted by Crippen LogP contribution is -2.23. The van der Waals surface area contributed by atoms with E-state index in [0.29, 0.717) is 34.6 Å². The topological polar surface area (TPSA) is 81.1 Å². The van der Waals surface area contributed by atoms with Gasteiger partial charge in [0.15, 0.2) is 11.6 Å². The molecule has 6 nitrogen and oxygen atoms in total. The van der Waals surface area contributed by atoms with Crippen molar-refractivity contribution in [1.82, 2.24) is 19.4 Å². The molecule has 0 amide bonds. The summed E-state index contributed by atoms with van der Waals surface area (Å²) in [6.45, 7) is 6.29. The quantitative estimate of drug-likeness (QED) is 0.774. The van der Waals surface area contributed by atoms with E-state index in [-0.39, 0.29) is 11.9 Å². The number of hydrogen-bond acceptors (Lipinski definition) is 5. The molecule has 0 saturated heterocycles. The van der Waals surface area contributed by atoms with Crippen LogP contribution in [0.3, 0.4) is 0 Å². The van der Waals surface area contributed by atoms with Crippen LogP contribution in [-0.4, -0.2) is 25.4 Å². The molecule has 23 heavy (non-hydrogen) atoms. The molecule has 3 heterocycles. The molecule has 0 aliphatic carbocycles. The van der Waals surface area contributed by atoms with Crippen LogP contribution in [0.5, 0.6) is 0 Å². The van der Waals surface area contributed by atoms with Crippen molar-refractivity contribution >= 4 is 17.2 Å². The number of halogens is 1. The average molecular weight is 314 g/mol. The number of anilines is 2. The molecule has 120 valence electrons. The number of hydrogen-bond donors (Lipinski definition) is 2. The minimum atomic E-state index is -0.348. The Morgan fingerprint density at radius 1 is 1.17 bits per heavy atom. The number of aromatic nitrogens is 4. The smallest absolute Gasteiger partial charge is 0.180 e. The summed E-state index contributed by atoms with van der Waals surface area (Å²) >= 11 is 0. The fourth-order valence-electron chi connectivity index (χ4n) is 2.13. The van der Waals surface area contributed by atoms with Crippen LogP contribution in [0.15, 0.2) is 30.7 Å². The average Bonchev–Trinajstić information content (AvgIpc) is 2.92. The Morgan fingerprint density at radius 2 is 1.96 bits per heavy atom. The van der Waals surface area contributed by atoms with E-state index in [1.54, 1.807) is 22.9 Å². The van der Waals surface area contributed by atoms with Gasteiger partial charge in [0.2, 0.25) is 0 Å². The molecule has 0 aromatic carbocycles. The van der Waals surface area contributed by atoms with Gasteiger partial charge in [0.05, 0.1) is 18.1 Å². The van der Waals surface area contributed by atoms with Gasteiger partial charge in [0, 0.05) is 12.2 Å². The monoisotopic (exact) mass is 314 g/mol. The third-order valence-corrected chi connectivity index (χ3v) is 3.88. The highest BCUT2D eigenvalue weighted by Gasteiger charge is 2.14. The van der Waals surface area contributed by atoms with Crippen molar-refractivity contribution in [3.05, 3.63) is 36.5 Å². The maximum Gasteiger partial charge on any atom is 0.180 e. The molecule has 3 N–H and O–H groups in total. The molecule has 0 spiro atoms. The zero-order valence-corrected chi connectivity index (χ0v) is 13.3. The first-order valence-corrected chi connectivity index (χ1v) is 7.47. The van der Waals surface area contributed by atoms with Crippen molar-refractivity contribution in [2.24, 2.45) is 5.92 Å². The van der Waals surface area contributed by atoms with Crippen LogP contribution >= 0.6 is 0 Å². The Hall–Kier alpha value is -2.70. The molecule has 0 bridgehead atoms. The standard InChI is InChI=1S/C16H19FN6/c1-9(2)10(3)21-15-12(18)6-20-16(22-15)13-7-19-14-5-4-11(17)8-23(13)14/h4-10H,18H2,1-3H3,(H,20,21,22). The molecular formula is C16H19FN6. The summed E-state index contributed by atoms with van der Waals surface area (Å²) in [7, 11) is 0. The summed E-state index contributed by atoms with van der Waals surface area (Å²) in [6.07, 6.45) is 4.54. The molecule has 0 fully saturated rings. The molecule has 3 aromatic heterocycles. The lowest BCUT2D eigenvalue weighted by Gasteiger charge is -2.19. The molecule has 0 saturated carbocycles. The van der Waals surface area contributed by atoms with Crippen molar-refractivity contribution in [3.8, 4) is 11.5 Å². The number of nitrogen functional groups attached to an aromatic ring is 1. The lowest BCUT2D eigenvalue weighted by molar-refractivity contribution is 0.558. The van der Waals surface area contributed by atoms with E-state index < -0.39 is 0 Å². The third-order valence-electron chi connectivity index (χ3n) is 3.88. The maximum absolute atomic E-state index is 13.5. The fourth-order valence-corrected chi connectivity index (χ4v) is 2.13. The molecule has 1 atom stereocenters. The molecular weight excluding hydrogens is 295 g/mol. The first-order valence-electron chi connectivity index (χ1n) is 7.47. The highest BCUT2D eigenvalue weighted by molar-refractivity contribution is 5.65. The number of nitrogens with one attached hydrogen (secondary N) is 1. The summed E-state index contributed by atoms with van der Waals surface area (Å²) in [5, 5.41) is 3.29. The van der Waals surface area contributed by atoms with Crippen LogP contribution in [0.25, 0.3) is 17.2 Å². The Morgan fingerprint density at radius 3 is 2.70 bits per heavy atom. The number of nitrogens with two attached hydrogens (primary N) is 1. The molecule has 7 heteroatoms. The number of fused-ring (bicyclic) bond motifs is 1. The van der Waals surface area contributed by atoms with Gasteiger partial charge in [-0.25, -0.2) is 19.3 Å². The predicted molar refractivity (Wildman–Crippen MR) is 88.5 cm³/mol. The fraction of sp³-hybridized carbons (Fsp3) is 0.312. The molecule has 0 radical (unpaired) electrons. The zero-order valence-electron chi connectivity index (χ0n) is 13.3. The molecule has 0 aliphatic heterocycles. The van der Waals surface area contributed by atoms with Crippen LogP contribution in [0.1, 0.15) is 20.8 Å². The van der Waals surface area contributed by atoms with Crippen molar-refractivity contribution in [2.75, 3.05) is 11.1 Å². The van der Waals surface area contributed by atoms with Gasteiger partial charge in [-0.2, -0.15) is 0 Å². The van der Waals surface area contributed by atoms with Crippen LogP contribution in [-0.2, 0) is 0 Å². The number of nitrogens with zero attached hydrogens (tertiary/aromatic N) is 4. The van der Waals surface area contributed by atoms with Gasteiger partial charge in [-0.1, -0.05) is 13.8 Å². The SMILES string of the molecule is CC(C)C(C)Nc1nc(-c2cnc3ccc(F)cn23)ncc1N. The van der Waals surface area contributed by atoms with E-state index >= 15 is 0 Å². The van der Waals surface area contributed by atoms with Crippen LogP contribution < -0.4 is 11.1 Å². The minimum absolute atomic E-state index is 0.208. The summed E-state index contributed by atoms with van der Waals surface area (Å²) < 4.78 is 15.1. The third kappa shape index (κ3) is 2.94. The van der Waals surface area contributed by atoms with Crippen molar-refractivity contribution in [1.29, 1.82) is 0 Å². The van der Waals surface area contributed by atoms with Crippen LogP contribution in [0, 0.1) is 11.7 Å². The van der Waals surface area contributed by atoms with Crippen molar-refractivity contribution < 1.29 is 4.39 Å². The van der Waals surface area contributed by atoms with Gasteiger partial charge in [-0.15, -0.1) is 0 Å². The first kappa shape index (κ1) is 15.2. The number of imidazole rings is 1. The summed E-state index contributed by atoms with van der Waals surface area (Å²) in [4.78, 5) is 13.0. The molecule has 3 aromatic rings. The summed E-state index contributed by atoms with van der Waals surface area (Å²) in [5.41, 5.74) is 7.67. The Kier molecular flexibility index (Phi) is 3.85. The number of rotatable bonds is 4. The van der Waals surface area contributed by atoms with E-state index in [0.717, 1.165) is 0 Å². The van der Waals surface area contributed by atoms with Crippen molar-refractivity contribution in [3.63, 3.8) is 0 Å². The van der Waals surface area contributed by atoms with Gasteiger partial charge in [0.1, 0.15) is 17.2 Å². The summed E-state index contributed by atoms with van der Waals surface area (Å²) in [5.74, 6) is 1.09. The first-order chi connectivity index (χ1) is 11.0. The van der Waals surface area contributed by atoms with E-state index in [4.69, 9.17) is 5.73 Å². The van der Waals surface area contributed by atoms with Gasteiger partial charge in [-0.05, 0) is 25.0 Å². The normalized spacial score (nSPS) is 12.7. The predicted octanol–water partition coefficient (Wildman–Crippen LogP) is 2.97. The molecule has 0 aliphatic rings. The van der Waals surface area contributed by atoms with Crippen LogP contribution in [0.4, 0.5) is 15.9 Å². The molecule has 1 unspecified atom stereocenters. The second-order valence-electron chi connectivity index (χ2n) is 5.89. The van der Waals surface area contributed by atoms with Gasteiger partial charge >= 0.3 is 0 Å². The van der Waals surface area contributed by atoms with Crippen LogP contribution in [0.2, 0.25) is 0 Å². The maximum atomic E-state index is 13.5. The van der Waals surface area contributed by atoms with Gasteiger partial charge in [-0.3, -0.25) is 4.40 Å². The number of pyridine rings is 1. The van der Waals surface area contributed by atoms with E-state index in [1.807, 2.05) is 0 Å². The lowest BCUT2D eigenvalue weighted by atomic mass is 10.1. The van der Waals surface area contributed by atoms with Gasteiger partial charge in [0.25, 0.3) is 0 Å². The molecule has 3 rings (SSSR count). The van der Waals surface area contributed by atoms with E-state index in [9.17, 15) is 4.39 Å². The highest BCUT2D eigenvalue weighted by Crippen LogP contribution is 2.23. The Balaban J connectivity index is 2.04. The van der Waals surface area contributed by atoms with Crippen molar-refractivity contribution in [2.45, 2.75) is 26.8 Å². The van der Waals surface area contributed by atoms with Gasteiger partial charge < -0.3 is 11.1 Å². The zero-order chi connectivity index (χ0) is 16.6. The highest BCUT2D eigenvalue weighted by atomic mass is 19.1. The Bertz CT molecular complexity index is 842. The second-order valence-corrected chi connectivity index (χ2v) is 5.89. The largest absolute Gasteiger partial charge is 0.394 e. The minimum Gasteiger partial charge on any atom is -0.394 e.